The van der Waals surface area contributed by atoms with Crippen molar-refractivity contribution in [2.75, 3.05) is 19.6 Å². The normalized spacial score (nSPS) is 11.5. The predicted molar refractivity (Wildman–Crippen MR) is 129 cm³/mol. The van der Waals surface area contributed by atoms with E-state index in [1.54, 1.807) is 0 Å². The number of rotatable bonds is 5. The van der Waals surface area contributed by atoms with E-state index in [-0.39, 0.29) is 58.1 Å². The van der Waals surface area contributed by atoms with Crippen molar-refractivity contribution >= 4 is 29.9 Å². The van der Waals surface area contributed by atoms with Gasteiger partial charge in [-0.25, -0.2) is 0 Å². The number of carbonyl (C=O) groups excluding carboxylic acids is 1. The zero-order valence-electron chi connectivity index (χ0n) is 20.9. The summed E-state index contributed by atoms with van der Waals surface area (Å²) in [5.41, 5.74) is 0. The van der Waals surface area contributed by atoms with Gasteiger partial charge in [0.25, 0.3) is 0 Å². The summed E-state index contributed by atoms with van der Waals surface area (Å²) in [6.45, 7) is 15.0. The van der Waals surface area contributed by atoms with Gasteiger partial charge in [0.2, 0.25) is 0 Å². The maximum absolute atomic E-state index is 10.1. The molecular formula is C25H48HgNO2Sn-. The standard InChI is InChI=1S/C7H13NO2.C6H6.3C4H10.Hg.Sn/c9-7(10)6-8-4-2-1-3-5-8;1-2-4-6-5-3-1;3*1-3-4-2;;/h1-6H2,(H,9,10);1-6H;3*3-4H2,1-2H3;;/p-1. The van der Waals surface area contributed by atoms with E-state index < -0.39 is 5.97 Å². The van der Waals surface area contributed by atoms with Crippen molar-refractivity contribution in [1.29, 1.82) is 0 Å². The van der Waals surface area contributed by atoms with Crippen LogP contribution in [0.2, 0.25) is 0 Å². The van der Waals surface area contributed by atoms with Crippen LogP contribution < -0.4 is 5.11 Å². The fourth-order valence-corrected chi connectivity index (χ4v) is 1.68. The number of piperidine rings is 1. The van der Waals surface area contributed by atoms with Crippen molar-refractivity contribution < 1.29 is 37.6 Å². The molecule has 0 bridgehead atoms. The van der Waals surface area contributed by atoms with E-state index in [0.29, 0.717) is 0 Å². The average molecular weight is 714 g/mol. The van der Waals surface area contributed by atoms with E-state index in [1.165, 1.54) is 44.9 Å². The largest absolute Gasteiger partial charge is 0.549 e. The molecule has 0 N–H and O–H groups in total. The molecule has 1 fully saturated rings. The van der Waals surface area contributed by atoms with Gasteiger partial charge >= 0.3 is 0 Å². The van der Waals surface area contributed by atoms with Crippen LogP contribution in [0.25, 0.3) is 0 Å². The van der Waals surface area contributed by atoms with E-state index in [0.717, 1.165) is 25.9 Å². The van der Waals surface area contributed by atoms with E-state index >= 15 is 0 Å². The summed E-state index contributed by atoms with van der Waals surface area (Å²) in [5, 5.41) is 10.1. The van der Waals surface area contributed by atoms with Crippen molar-refractivity contribution in [1.82, 2.24) is 4.90 Å². The van der Waals surface area contributed by atoms with Crippen LogP contribution in [0.15, 0.2) is 36.4 Å². The van der Waals surface area contributed by atoms with Crippen molar-refractivity contribution in [3.63, 3.8) is 0 Å². The van der Waals surface area contributed by atoms with Crippen LogP contribution in [0.1, 0.15) is 99.3 Å². The molecule has 1 aliphatic rings. The van der Waals surface area contributed by atoms with Gasteiger partial charge < -0.3 is 9.90 Å². The molecule has 0 amide bonds. The quantitative estimate of drug-likeness (QED) is 0.355. The number of carbonyl (C=O) groups is 1. The Morgan fingerprint density at radius 1 is 0.667 bits per heavy atom. The number of likely N-dealkylation sites (tertiary alicyclic amines) is 1. The number of hydrogen-bond donors (Lipinski definition) is 0. The van der Waals surface area contributed by atoms with Gasteiger partial charge in [-0.15, -0.1) is 0 Å². The SMILES string of the molecule is CCCC.CCCC.CCCC.O=C([O-])CN1CCCCC1.[Hg].[Sn].c1ccccc1. The number of aliphatic carboxylic acids is 1. The van der Waals surface area contributed by atoms with Gasteiger partial charge in [0.05, 0.1) is 5.97 Å². The molecule has 0 saturated carbocycles. The van der Waals surface area contributed by atoms with Crippen molar-refractivity contribution in [3.8, 4) is 0 Å². The molecule has 0 atom stereocenters. The fraction of sp³-hybridized carbons (Fsp3) is 0.720. The van der Waals surface area contributed by atoms with Crippen LogP contribution in [0, 0.1) is 0 Å². The molecule has 0 unspecified atom stereocenters. The molecule has 0 aromatic heterocycles. The average Bonchev–Trinajstić information content (AvgIpc) is 2.76. The van der Waals surface area contributed by atoms with Crippen molar-refractivity contribution in [2.24, 2.45) is 0 Å². The van der Waals surface area contributed by atoms with E-state index in [1.807, 2.05) is 41.3 Å². The molecule has 1 saturated heterocycles. The van der Waals surface area contributed by atoms with Gasteiger partial charge in [-0.05, 0) is 25.9 Å². The monoisotopic (exact) mass is 716 g/mol. The number of carboxylic acid groups (broad SMARTS) is 1. The van der Waals surface area contributed by atoms with E-state index in [4.69, 9.17) is 0 Å². The molecule has 1 aliphatic heterocycles. The van der Waals surface area contributed by atoms with Gasteiger partial charge in [-0.2, -0.15) is 0 Å². The first kappa shape index (κ1) is 40.7. The Morgan fingerprint density at radius 2 is 0.933 bits per heavy atom. The summed E-state index contributed by atoms with van der Waals surface area (Å²) in [5.74, 6) is -0.957. The fourth-order valence-electron chi connectivity index (χ4n) is 1.68. The second-order valence-electron chi connectivity index (χ2n) is 6.86. The van der Waals surface area contributed by atoms with Crippen LogP contribution in [0.3, 0.4) is 0 Å². The van der Waals surface area contributed by atoms with E-state index in [2.05, 4.69) is 41.5 Å². The smallest absolute Gasteiger partial charge is 0.0555 e. The van der Waals surface area contributed by atoms with Gasteiger partial charge in [0.15, 0.2) is 0 Å². The molecule has 1 heterocycles. The third kappa shape index (κ3) is 46.5. The molecule has 0 aliphatic carbocycles. The summed E-state index contributed by atoms with van der Waals surface area (Å²) < 4.78 is 0. The van der Waals surface area contributed by atoms with Crippen molar-refractivity contribution in [2.45, 2.75) is 99.3 Å². The summed E-state index contributed by atoms with van der Waals surface area (Å²) in [6.07, 6.45) is 11.4. The Balaban J connectivity index is -0.0000000913. The first-order chi connectivity index (χ1) is 13.5. The summed E-state index contributed by atoms with van der Waals surface area (Å²) in [4.78, 5) is 12.0. The molecule has 1 aromatic rings. The zero-order chi connectivity index (χ0) is 21.9. The Kier molecular flexibility index (Phi) is 54.0. The predicted octanol–water partition coefficient (Wildman–Crippen LogP) is 5.94. The number of unbranched alkanes of at least 4 members (excludes halogenated alkanes) is 3. The van der Waals surface area contributed by atoms with Crippen molar-refractivity contribution in [3.05, 3.63) is 36.4 Å². The van der Waals surface area contributed by atoms with Crippen LogP contribution in [0.4, 0.5) is 0 Å². The minimum absolute atomic E-state index is 0. The summed E-state index contributed by atoms with van der Waals surface area (Å²) in [6, 6.07) is 12.0. The molecule has 5 heteroatoms. The molecule has 3 nitrogen and oxygen atoms in total. The Bertz CT molecular complexity index is 332. The molecule has 2 rings (SSSR count). The molecule has 0 spiro atoms. The molecule has 4 radical (unpaired) electrons. The molecule has 1 aromatic carbocycles. The first-order valence-electron chi connectivity index (χ1n) is 11.5. The van der Waals surface area contributed by atoms with Gasteiger partial charge in [0.1, 0.15) is 0 Å². The van der Waals surface area contributed by atoms with Gasteiger partial charge in [-0.3, -0.25) is 4.90 Å². The molecular weight excluding hydrogens is 666 g/mol. The Morgan fingerprint density at radius 3 is 1.13 bits per heavy atom. The summed E-state index contributed by atoms with van der Waals surface area (Å²) in [7, 11) is 0. The van der Waals surface area contributed by atoms with Crippen LogP contribution in [-0.4, -0.2) is 54.4 Å². The number of carboxylic acids is 1. The first-order valence-corrected chi connectivity index (χ1v) is 11.5. The summed E-state index contributed by atoms with van der Waals surface area (Å²) >= 11 is 0. The Labute approximate surface area is 226 Å². The minimum Gasteiger partial charge on any atom is -0.549 e. The van der Waals surface area contributed by atoms with Crippen LogP contribution in [-0.2, 0) is 32.5 Å². The maximum Gasteiger partial charge on any atom is 0.0555 e. The molecule has 30 heavy (non-hydrogen) atoms. The van der Waals surface area contributed by atoms with Crippen LogP contribution in [0.5, 0.6) is 0 Å². The topological polar surface area (TPSA) is 43.4 Å². The number of hydrogen-bond acceptors (Lipinski definition) is 3. The van der Waals surface area contributed by atoms with Crippen LogP contribution >= 0.6 is 0 Å². The second-order valence-corrected chi connectivity index (χ2v) is 6.86. The van der Waals surface area contributed by atoms with E-state index in [9.17, 15) is 9.90 Å². The van der Waals surface area contributed by atoms with Gasteiger partial charge in [0, 0.05) is 58.1 Å². The number of nitrogens with zero attached hydrogens (tertiary/aromatic N) is 1. The second kappa shape index (κ2) is 39.8. The minimum atomic E-state index is -0.957. The zero-order valence-corrected chi connectivity index (χ0v) is 29.3. The van der Waals surface area contributed by atoms with Gasteiger partial charge in [-0.1, -0.05) is 123 Å². The molecule has 172 valence electrons. The number of benzene rings is 1. The third-order valence-electron chi connectivity index (χ3n) is 3.97. The Hall–Kier alpha value is 0.384. The maximum atomic E-state index is 10.1. The third-order valence-corrected chi connectivity index (χ3v) is 3.97.